The molecule has 208 valence electrons. The third kappa shape index (κ3) is 4.82. The molecule has 42 heavy (non-hydrogen) atoms. The Kier molecular flexibility index (Phi) is 6.33. The fourth-order valence-corrected chi connectivity index (χ4v) is 5.38. The molecule has 0 bridgehead atoms. The van der Waals surface area contributed by atoms with Crippen LogP contribution in [-0.4, -0.2) is 19.3 Å². The second kappa shape index (κ2) is 11.0. The summed E-state index contributed by atoms with van der Waals surface area (Å²) in [6.45, 7) is 1.74. The van der Waals surface area contributed by atoms with Gasteiger partial charge in [-0.15, -0.1) is 35.7 Å². The molecule has 3 heterocycles. The standard InChI is InChI=1S/C35H25FN4O.Pt/c1-22-12-15-32-31(18-22)30-14-13-29(21-33(30)39(32)34-19-26(36)16-17-37-34)41-28-11-7-10-27(20-28)40-24(3)35(23(2)38-40)25-8-5-4-6-9-25;/h4-19H,1-3H3;/q-2;+2/i1D3;. The van der Waals surface area contributed by atoms with Crippen LogP contribution in [0.25, 0.3) is 44.4 Å². The van der Waals surface area contributed by atoms with E-state index in [9.17, 15) is 4.39 Å². The molecule has 0 aliphatic rings. The van der Waals surface area contributed by atoms with E-state index in [4.69, 9.17) is 13.9 Å². The van der Waals surface area contributed by atoms with Crippen LogP contribution < -0.4 is 4.74 Å². The van der Waals surface area contributed by atoms with Crippen LogP contribution in [-0.2, 0) is 21.1 Å². The molecule has 0 spiro atoms. The van der Waals surface area contributed by atoms with Gasteiger partial charge in [-0.1, -0.05) is 53.5 Å². The molecule has 7 heteroatoms. The van der Waals surface area contributed by atoms with Crippen LogP contribution >= 0.6 is 0 Å². The van der Waals surface area contributed by atoms with Gasteiger partial charge in [-0.05, 0) is 49.5 Å². The monoisotopic (exact) mass is 734 g/mol. The third-order valence-corrected chi connectivity index (χ3v) is 7.14. The first-order valence-electron chi connectivity index (χ1n) is 14.6. The molecule has 3 aromatic heterocycles. The minimum Gasteiger partial charge on any atom is -0.509 e. The first-order chi connectivity index (χ1) is 21.2. The molecule has 0 saturated heterocycles. The number of benzene rings is 4. The van der Waals surface area contributed by atoms with Gasteiger partial charge in [0.05, 0.1) is 5.69 Å². The summed E-state index contributed by atoms with van der Waals surface area (Å²) in [5, 5.41) is 6.21. The van der Waals surface area contributed by atoms with E-state index in [1.807, 2.05) is 54.9 Å². The molecule has 7 aromatic rings. The molecule has 7 rings (SSSR count). The Balaban J connectivity index is 0.00000357. The zero-order valence-electron chi connectivity index (χ0n) is 25.6. The molecule has 0 aliphatic carbocycles. The molecule has 0 unspecified atom stereocenters. The quantitative estimate of drug-likeness (QED) is 0.167. The molecule has 0 atom stereocenters. The SMILES string of the molecule is [2H]C([2H])([2H])c1ccc2c(c1)c1ccc(Oc3[c-]c(-n4nc(C)c(-c5ccccc5)c4C)ccc3)[c-]c1n2-c1cc(F)ccn1.[Pt+2]. The maximum atomic E-state index is 14.3. The Morgan fingerprint density at radius 3 is 2.50 bits per heavy atom. The largest absolute Gasteiger partial charge is 2.00 e. The average molecular weight is 735 g/mol. The molecular formula is C35H25FN4OPt. The summed E-state index contributed by atoms with van der Waals surface area (Å²) in [7, 11) is 0. The number of fused-ring (bicyclic) bond motifs is 3. The van der Waals surface area contributed by atoms with Gasteiger partial charge in [-0.2, -0.15) is 17.2 Å². The molecule has 0 aliphatic heterocycles. The van der Waals surface area contributed by atoms with Crippen molar-refractivity contribution in [1.29, 1.82) is 0 Å². The molecule has 4 aromatic carbocycles. The topological polar surface area (TPSA) is 44.9 Å². The van der Waals surface area contributed by atoms with Crippen LogP contribution in [0.3, 0.4) is 0 Å². The van der Waals surface area contributed by atoms with Gasteiger partial charge in [-0.25, -0.2) is 9.37 Å². The van der Waals surface area contributed by atoms with E-state index in [0.717, 1.165) is 33.6 Å². The minimum atomic E-state index is -2.28. The normalized spacial score (nSPS) is 12.5. The molecule has 0 radical (unpaired) electrons. The number of rotatable bonds is 5. The first-order valence-corrected chi connectivity index (χ1v) is 13.1. The Bertz CT molecular complexity index is 2190. The van der Waals surface area contributed by atoms with Gasteiger partial charge in [0.15, 0.2) is 0 Å². The fraction of sp³-hybridized carbons (Fsp3) is 0.0857. The minimum absolute atomic E-state index is 0. The van der Waals surface area contributed by atoms with Crippen molar-refractivity contribution in [3.8, 4) is 34.1 Å². The molecule has 5 nitrogen and oxygen atoms in total. The number of halogens is 1. The summed E-state index contributed by atoms with van der Waals surface area (Å²) >= 11 is 0. The van der Waals surface area contributed by atoms with E-state index >= 15 is 0 Å². The van der Waals surface area contributed by atoms with Crippen molar-refractivity contribution >= 4 is 21.8 Å². The van der Waals surface area contributed by atoms with Crippen molar-refractivity contribution < 1.29 is 34.3 Å². The van der Waals surface area contributed by atoms with E-state index in [-0.39, 0.29) is 26.6 Å². The van der Waals surface area contributed by atoms with Gasteiger partial charge >= 0.3 is 21.1 Å². The van der Waals surface area contributed by atoms with Crippen LogP contribution in [0.2, 0.25) is 0 Å². The van der Waals surface area contributed by atoms with Gasteiger partial charge in [0.1, 0.15) is 11.6 Å². The fourth-order valence-electron chi connectivity index (χ4n) is 5.38. The number of hydrogen-bond donors (Lipinski definition) is 0. The second-order valence-corrected chi connectivity index (χ2v) is 9.81. The van der Waals surface area contributed by atoms with Crippen molar-refractivity contribution in [2.45, 2.75) is 20.7 Å². The van der Waals surface area contributed by atoms with Crippen molar-refractivity contribution in [3.05, 3.63) is 132 Å². The van der Waals surface area contributed by atoms with Crippen LogP contribution in [0.15, 0.2) is 97.2 Å². The van der Waals surface area contributed by atoms with Gasteiger partial charge in [0.25, 0.3) is 0 Å². The zero-order chi connectivity index (χ0) is 30.6. The van der Waals surface area contributed by atoms with E-state index in [1.54, 1.807) is 34.9 Å². The number of aryl methyl sites for hydroxylation is 2. The maximum Gasteiger partial charge on any atom is 2.00 e. The molecule has 0 N–H and O–H groups in total. The average Bonchev–Trinajstić information content (AvgIpc) is 3.49. The summed E-state index contributed by atoms with van der Waals surface area (Å²) in [5.41, 5.74) is 6.24. The van der Waals surface area contributed by atoms with Gasteiger partial charge in [-0.3, -0.25) is 4.68 Å². The molecule has 0 saturated carbocycles. The predicted octanol–water partition coefficient (Wildman–Crippen LogP) is 8.49. The van der Waals surface area contributed by atoms with Crippen molar-refractivity contribution in [2.24, 2.45) is 0 Å². The Morgan fingerprint density at radius 1 is 0.857 bits per heavy atom. The second-order valence-electron chi connectivity index (χ2n) is 9.81. The van der Waals surface area contributed by atoms with Gasteiger partial charge in [0, 0.05) is 44.6 Å². The molecular weight excluding hydrogens is 706 g/mol. The summed E-state index contributed by atoms with van der Waals surface area (Å²) in [6.07, 6.45) is 1.39. The third-order valence-electron chi connectivity index (χ3n) is 7.14. The summed E-state index contributed by atoms with van der Waals surface area (Å²) in [4.78, 5) is 4.39. The van der Waals surface area contributed by atoms with Crippen LogP contribution in [0.5, 0.6) is 11.5 Å². The number of aromatic nitrogens is 4. The summed E-state index contributed by atoms with van der Waals surface area (Å²) < 4.78 is 47.8. The number of pyridine rings is 1. The predicted molar refractivity (Wildman–Crippen MR) is 159 cm³/mol. The molecule has 0 amide bonds. The number of hydrogen-bond acceptors (Lipinski definition) is 3. The summed E-state index contributed by atoms with van der Waals surface area (Å²) in [6, 6.07) is 33.5. The van der Waals surface area contributed by atoms with Gasteiger partial charge < -0.3 is 9.30 Å². The summed E-state index contributed by atoms with van der Waals surface area (Å²) in [5.74, 6) is 0.763. The Labute approximate surface area is 261 Å². The van der Waals surface area contributed by atoms with Crippen LogP contribution in [0, 0.1) is 38.6 Å². The van der Waals surface area contributed by atoms with E-state index in [0.29, 0.717) is 33.7 Å². The zero-order valence-corrected chi connectivity index (χ0v) is 24.9. The van der Waals surface area contributed by atoms with E-state index < -0.39 is 12.7 Å². The van der Waals surface area contributed by atoms with E-state index in [1.165, 1.54) is 18.3 Å². The first kappa shape index (κ1) is 24.1. The van der Waals surface area contributed by atoms with Crippen molar-refractivity contribution in [3.63, 3.8) is 0 Å². The Hall–Kier alpha value is -4.54. The van der Waals surface area contributed by atoms with Gasteiger partial charge in [0.2, 0.25) is 0 Å². The van der Waals surface area contributed by atoms with Crippen LogP contribution in [0.4, 0.5) is 4.39 Å². The smallest absolute Gasteiger partial charge is 0.509 e. The van der Waals surface area contributed by atoms with Crippen molar-refractivity contribution in [1.82, 2.24) is 19.3 Å². The van der Waals surface area contributed by atoms with Crippen LogP contribution in [0.1, 0.15) is 21.1 Å². The number of ether oxygens (including phenoxy) is 1. The van der Waals surface area contributed by atoms with E-state index in [2.05, 4.69) is 29.2 Å². The maximum absolute atomic E-state index is 14.3. The Morgan fingerprint density at radius 2 is 1.69 bits per heavy atom. The number of nitrogens with zero attached hydrogens (tertiary/aromatic N) is 4. The molecule has 0 fully saturated rings. The van der Waals surface area contributed by atoms with Crippen molar-refractivity contribution in [2.75, 3.05) is 0 Å².